The summed E-state index contributed by atoms with van der Waals surface area (Å²) in [6.07, 6.45) is 6.92. The van der Waals surface area contributed by atoms with E-state index in [9.17, 15) is 4.79 Å². The van der Waals surface area contributed by atoms with E-state index in [-0.39, 0.29) is 12.1 Å². The second-order valence-electron chi connectivity index (χ2n) is 6.52. The second-order valence-corrected chi connectivity index (χ2v) is 6.52. The smallest absolute Gasteiger partial charge is 0.315 e. The van der Waals surface area contributed by atoms with Gasteiger partial charge in [0.2, 0.25) is 0 Å². The van der Waals surface area contributed by atoms with Crippen LogP contribution >= 0.6 is 0 Å². The van der Waals surface area contributed by atoms with Crippen molar-refractivity contribution in [1.29, 1.82) is 0 Å². The van der Waals surface area contributed by atoms with Gasteiger partial charge in [-0.25, -0.2) is 9.78 Å². The standard InChI is InChI=1S/C18H26N6O/c1-15(12-24-14-19-13-21-24)22-18(25)20-11-16-7-3-4-8-17(16)23-9-5-2-6-10-23/h3-4,7-8,13-15H,2,5-6,9-12H2,1H3,(H2,20,22,25)/t15-/m1/s1. The Morgan fingerprint density at radius 2 is 2.04 bits per heavy atom. The van der Waals surface area contributed by atoms with Gasteiger partial charge in [0.1, 0.15) is 12.7 Å². The molecule has 0 aliphatic carbocycles. The van der Waals surface area contributed by atoms with Gasteiger partial charge in [0.05, 0.1) is 6.54 Å². The lowest BCUT2D eigenvalue weighted by Crippen LogP contribution is -2.42. The molecule has 3 rings (SSSR count). The van der Waals surface area contributed by atoms with E-state index in [0.717, 1.165) is 18.7 Å². The predicted molar refractivity (Wildman–Crippen MR) is 97.4 cm³/mol. The maximum absolute atomic E-state index is 12.2. The van der Waals surface area contributed by atoms with E-state index in [4.69, 9.17) is 0 Å². The number of rotatable bonds is 6. The van der Waals surface area contributed by atoms with E-state index >= 15 is 0 Å². The first-order valence-corrected chi connectivity index (χ1v) is 8.92. The van der Waals surface area contributed by atoms with E-state index < -0.39 is 0 Å². The molecule has 0 saturated carbocycles. The third-order valence-corrected chi connectivity index (χ3v) is 4.43. The summed E-state index contributed by atoms with van der Waals surface area (Å²) >= 11 is 0. The molecular formula is C18H26N6O. The van der Waals surface area contributed by atoms with Gasteiger partial charge < -0.3 is 15.5 Å². The van der Waals surface area contributed by atoms with Crippen LogP contribution in [-0.2, 0) is 13.1 Å². The van der Waals surface area contributed by atoms with Crippen molar-refractivity contribution in [3.8, 4) is 0 Å². The van der Waals surface area contributed by atoms with Crippen LogP contribution in [0.3, 0.4) is 0 Å². The minimum atomic E-state index is -0.166. The fourth-order valence-electron chi connectivity index (χ4n) is 3.21. The SMILES string of the molecule is C[C@H](Cn1cncn1)NC(=O)NCc1ccccc1N1CCCCC1. The molecule has 0 spiro atoms. The van der Waals surface area contributed by atoms with Crippen LogP contribution in [0.25, 0.3) is 0 Å². The Bertz CT molecular complexity index is 666. The zero-order chi connectivity index (χ0) is 17.5. The van der Waals surface area contributed by atoms with E-state index in [0.29, 0.717) is 13.1 Å². The number of hydrogen-bond acceptors (Lipinski definition) is 4. The first-order chi connectivity index (χ1) is 12.2. The molecule has 1 fully saturated rings. The van der Waals surface area contributed by atoms with Gasteiger partial charge in [-0.05, 0) is 37.8 Å². The number of aromatic nitrogens is 3. The van der Waals surface area contributed by atoms with Crippen molar-refractivity contribution in [1.82, 2.24) is 25.4 Å². The topological polar surface area (TPSA) is 75.1 Å². The number of nitrogens with zero attached hydrogens (tertiary/aromatic N) is 4. The van der Waals surface area contributed by atoms with Crippen LogP contribution in [0.5, 0.6) is 0 Å². The van der Waals surface area contributed by atoms with Gasteiger partial charge in [-0.3, -0.25) is 4.68 Å². The highest BCUT2D eigenvalue weighted by molar-refractivity contribution is 5.74. The van der Waals surface area contributed by atoms with Crippen molar-refractivity contribution in [3.63, 3.8) is 0 Å². The number of carbonyl (C=O) groups excluding carboxylic acids is 1. The number of urea groups is 1. The molecule has 0 radical (unpaired) electrons. The first kappa shape index (κ1) is 17.3. The fourth-order valence-corrected chi connectivity index (χ4v) is 3.21. The molecule has 1 aromatic heterocycles. The molecule has 2 aromatic rings. The summed E-state index contributed by atoms with van der Waals surface area (Å²) in [7, 11) is 0. The van der Waals surface area contributed by atoms with Gasteiger partial charge in [-0.1, -0.05) is 18.2 Å². The number of piperidine rings is 1. The molecule has 1 aliphatic heterocycles. The molecule has 1 aromatic carbocycles. The fraction of sp³-hybridized carbons (Fsp3) is 0.500. The summed E-state index contributed by atoms with van der Waals surface area (Å²) in [6.45, 7) is 5.26. The van der Waals surface area contributed by atoms with Crippen LogP contribution in [0.15, 0.2) is 36.9 Å². The van der Waals surface area contributed by atoms with E-state index in [1.807, 2.05) is 13.0 Å². The Kier molecular flexibility index (Phi) is 5.87. The summed E-state index contributed by atoms with van der Waals surface area (Å²) in [6, 6.07) is 8.13. The summed E-state index contributed by atoms with van der Waals surface area (Å²) in [5, 5.41) is 9.95. The molecule has 2 heterocycles. The highest BCUT2D eigenvalue weighted by Gasteiger charge is 2.15. The number of carbonyl (C=O) groups is 1. The number of hydrogen-bond donors (Lipinski definition) is 2. The summed E-state index contributed by atoms with van der Waals surface area (Å²) in [4.78, 5) is 18.5. The van der Waals surface area contributed by atoms with Gasteiger partial charge in [-0.15, -0.1) is 0 Å². The number of para-hydroxylation sites is 1. The van der Waals surface area contributed by atoms with Crippen LogP contribution in [-0.4, -0.2) is 39.9 Å². The lowest BCUT2D eigenvalue weighted by Gasteiger charge is -2.30. The molecule has 0 bridgehead atoms. The van der Waals surface area contributed by atoms with E-state index in [2.05, 4.69) is 43.8 Å². The molecule has 7 nitrogen and oxygen atoms in total. The van der Waals surface area contributed by atoms with Crippen LogP contribution in [0.1, 0.15) is 31.7 Å². The molecule has 1 saturated heterocycles. The average Bonchev–Trinajstić information content (AvgIpc) is 3.14. The summed E-state index contributed by atoms with van der Waals surface area (Å²) in [5.74, 6) is 0. The Balaban J connectivity index is 1.51. The summed E-state index contributed by atoms with van der Waals surface area (Å²) < 4.78 is 1.70. The lowest BCUT2D eigenvalue weighted by atomic mass is 10.1. The van der Waals surface area contributed by atoms with Crippen LogP contribution < -0.4 is 15.5 Å². The number of nitrogens with one attached hydrogen (secondary N) is 2. The molecule has 0 unspecified atom stereocenters. The molecule has 1 aliphatic rings. The highest BCUT2D eigenvalue weighted by Crippen LogP contribution is 2.23. The van der Waals surface area contributed by atoms with Gasteiger partial charge in [0, 0.05) is 31.4 Å². The third-order valence-electron chi connectivity index (χ3n) is 4.43. The minimum absolute atomic E-state index is 0.0287. The van der Waals surface area contributed by atoms with Gasteiger partial charge in [-0.2, -0.15) is 5.10 Å². The molecule has 25 heavy (non-hydrogen) atoms. The monoisotopic (exact) mass is 342 g/mol. The zero-order valence-electron chi connectivity index (χ0n) is 14.7. The largest absolute Gasteiger partial charge is 0.371 e. The van der Waals surface area contributed by atoms with Crippen molar-refractivity contribution in [2.45, 2.75) is 45.3 Å². The molecule has 7 heteroatoms. The van der Waals surface area contributed by atoms with E-state index in [1.54, 1.807) is 11.0 Å². The normalized spacial score (nSPS) is 15.6. The molecule has 134 valence electrons. The first-order valence-electron chi connectivity index (χ1n) is 8.92. The van der Waals surface area contributed by atoms with Crippen LogP contribution in [0.2, 0.25) is 0 Å². The molecule has 2 amide bonds. The van der Waals surface area contributed by atoms with Crippen LogP contribution in [0.4, 0.5) is 10.5 Å². The second kappa shape index (κ2) is 8.50. The number of anilines is 1. The van der Waals surface area contributed by atoms with Crippen LogP contribution in [0, 0.1) is 0 Å². The van der Waals surface area contributed by atoms with Crippen molar-refractivity contribution in [2.75, 3.05) is 18.0 Å². The highest BCUT2D eigenvalue weighted by atomic mass is 16.2. The average molecular weight is 342 g/mol. The summed E-state index contributed by atoms with van der Waals surface area (Å²) in [5.41, 5.74) is 2.39. The predicted octanol–water partition coefficient (Wildman–Crippen LogP) is 2.16. The van der Waals surface area contributed by atoms with Crippen molar-refractivity contribution < 1.29 is 4.79 Å². The maximum Gasteiger partial charge on any atom is 0.315 e. The number of amides is 2. The maximum atomic E-state index is 12.2. The van der Waals surface area contributed by atoms with Crippen molar-refractivity contribution in [3.05, 3.63) is 42.5 Å². The Morgan fingerprint density at radius 1 is 1.24 bits per heavy atom. The molecule has 1 atom stereocenters. The Labute approximate surface area is 148 Å². The van der Waals surface area contributed by atoms with Gasteiger partial charge in [0.15, 0.2) is 0 Å². The Morgan fingerprint density at radius 3 is 2.80 bits per heavy atom. The minimum Gasteiger partial charge on any atom is -0.371 e. The molecule has 2 N–H and O–H groups in total. The third kappa shape index (κ3) is 4.95. The zero-order valence-corrected chi connectivity index (χ0v) is 14.7. The number of benzene rings is 1. The van der Waals surface area contributed by atoms with Crippen molar-refractivity contribution >= 4 is 11.7 Å². The van der Waals surface area contributed by atoms with Crippen molar-refractivity contribution in [2.24, 2.45) is 0 Å². The quantitative estimate of drug-likeness (QED) is 0.843. The van der Waals surface area contributed by atoms with E-state index in [1.165, 1.54) is 31.3 Å². The lowest BCUT2D eigenvalue weighted by molar-refractivity contribution is 0.235. The molecular weight excluding hydrogens is 316 g/mol. The van der Waals surface area contributed by atoms with Gasteiger partial charge in [0.25, 0.3) is 0 Å². The van der Waals surface area contributed by atoms with Gasteiger partial charge >= 0.3 is 6.03 Å². The Hall–Kier alpha value is -2.57.